The number of hydrogen-bond acceptors (Lipinski definition) is 4. The average Bonchev–Trinajstić information content (AvgIpc) is 2.98. The molecule has 0 saturated carbocycles. The van der Waals surface area contributed by atoms with Gasteiger partial charge < -0.3 is 10.0 Å². The van der Waals surface area contributed by atoms with Gasteiger partial charge in [-0.1, -0.05) is 15.9 Å². The number of likely N-dealkylation sites (N-methyl/N-ethyl adjacent to an activating group) is 1. The Hall–Kier alpha value is -1.50. The number of halogens is 1. The van der Waals surface area contributed by atoms with Crippen molar-refractivity contribution < 1.29 is 14.7 Å². The summed E-state index contributed by atoms with van der Waals surface area (Å²) in [7, 11) is 1.60. The highest BCUT2D eigenvalue weighted by atomic mass is 79.9. The largest absolute Gasteiger partial charge is 0.375 e. The molecule has 0 fully saturated rings. The molecule has 0 bridgehead atoms. The quantitative estimate of drug-likeness (QED) is 0.832. The number of carbonyl (C=O) groups excluding carboxylic acids is 2. The van der Waals surface area contributed by atoms with Crippen LogP contribution in [0, 0.1) is 6.92 Å². The molecule has 3 rings (SSSR count). The molecular formula is C16H14BrNO3S. The summed E-state index contributed by atoms with van der Waals surface area (Å²) in [4.78, 5) is 27.9. The van der Waals surface area contributed by atoms with Crippen LogP contribution in [0.1, 0.15) is 26.5 Å². The lowest BCUT2D eigenvalue weighted by Crippen LogP contribution is -2.40. The van der Waals surface area contributed by atoms with Crippen LogP contribution in [0.5, 0.6) is 0 Å². The Kier molecular flexibility index (Phi) is 3.71. The Morgan fingerprint density at radius 1 is 1.36 bits per heavy atom. The number of fused-ring (bicyclic) bond motifs is 1. The van der Waals surface area contributed by atoms with Crippen molar-refractivity contribution in [2.75, 3.05) is 11.9 Å². The van der Waals surface area contributed by atoms with E-state index in [1.54, 1.807) is 31.3 Å². The minimum absolute atomic E-state index is 0.227. The first kappa shape index (κ1) is 15.4. The molecule has 1 aromatic carbocycles. The Morgan fingerprint density at radius 3 is 2.73 bits per heavy atom. The number of hydrogen-bond donors (Lipinski definition) is 1. The second kappa shape index (κ2) is 5.30. The minimum atomic E-state index is -1.80. The molecule has 0 radical (unpaired) electrons. The molecule has 114 valence electrons. The van der Waals surface area contributed by atoms with Crippen molar-refractivity contribution in [3.63, 3.8) is 0 Å². The second-order valence-corrected chi connectivity index (χ2v) is 7.60. The first-order valence-electron chi connectivity index (χ1n) is 6.73. The van der Waals surface area contributed by atoms with Gasteiger partial charge >= 0.3 is 0 Å². The lowest BCUT2D eigenvalue weighted by Gasteiger charge is -2.20. The minimum Gasteiger partial charge on any atom is -0.375 e. The van der Waals surface area contributed by atoms with Crippen LogP contribution in [0.4, 0.5) is 5.69 Å². The second-order valence-electron chi connectivity index (χ2n) is 5.40. The first-order chi connectivity index (χ1) is 10.3. The molecule has 6 heteroatoms. The van der Waals surface area contributed by atoms with Crippen LogP contribution in [-0.4, -0.2) is 23.8 Å². The third-order valence-electron chi connectivity index (χ3n) is 3.86. The molecule has 1 aromatic heterocycles. The van der Waals surface area contributed by atoms with E-state index in [0.29, 0.717) is 16.1 Å². The summed E-state index contributed by atoms with van der Waals surface area (Å²) in [5.41, 5.74) is -0.704. The van der Waals surface area contributed by atoms with Gasteiger partial charge in [-0.05, 0) is 37.3 Å². The van der Waals surface area contributed by atoms with E-state index < -0.39 is 11.5 Å². The number of aliphatic hydroxyl groups is 1. The van der Waals surface area contributed by atoms with E-state index in [1.165, 1.54) is 16.2 Å². The Labute approximate surface area is 140 Å². The van der Waals surface area contributed by atoms with E-state index >= 15 is 0 Å². The van der Waals surface area contributed by atoms with Crippen molar-refractivity contribution in [3.05, 3.63) is 50.1 Å². The molecule has 2 heterocycles. The van der Waals surface area contributed by atoms with Crippen LogP contribution in [0.25, 0.3) is 0 Å². The summed E-state index contributed by atoms with van der Waals surface area (Å²) in [6, 6.07) is 8.85. The van der Waals surface area contributed by atoms with Crippen molar-refractivity contribution >= 4 is 44.6 Å². The van der Waals surface area contributed by atoms with Gasteiger partial charge in [0.2, 0.25) is 0 Å². The standard InChI is InChI=1S/C16H14BrNO3S/c1-9-3-6-14(22-9)13(19)8-16(21)11-7-10(17)4-5-12(11)18(2)15(16)20/h3-7,21H,8H2,1-2H3. The van der Waals surface area contributed by atoms with Gasteiger partial charge in [-0.15, -0.1) is 11.3 Å². The lowest BCUT2D eigenvalue weighted by molar-refractivity contribution is -0.135. The zero-order chi connectivity index (χ0) is 16.1. The highest BCUT2D eigenvalue weighted by molar-refractivity contribution is 9.10. The summed E-state index contributed by atoms with van der Waals surface area (Å²) < 4.78 is 0.757. The summed E-state index contributed by atoms with van der Waals surface area (Å²) in [6.07, 6.45) is -0.250. The van der Waals surface area contributed by atoms with E-state index in [0.717, 1.165) is 9.35 Å². The summed E-state index contributed by atoms with van der Waals surface area (Å²) in [5.74, 6) is -0.697. The first-order valence-corrected chi connectivity index (χ1v) is 8.34. The van der Waals surface area contributed by atoms with Crippen molar-refractivity contribution in [2.45, 2.75) is 18.9 Å². The molecular weight excluding hydrogens is 366 g/mol. The molecule has 1 N–H and O–H groups in total. The van der Waals surface area contributed by atoms with E-state index in [4.69, 9.17) is 0 Å². The molecule has 2 aromatic rings. The summed E-state index contributed by atoms with van der Waals surface area (Å²) in [6.45, 7) is 1.91. The maximum Gasteiger partial charge on any atom is 0.263 e. The van der Waals surface area contributed by atoms with E-state index in [1.807, 2.05) is 13.0 Å². The number of ketones is 1. The molecule has 1 unspecified atom stereocenters. The summed E-state index contributed by atoms with van der Waals surface area (Å²) >= 11 is 4.72. The highest BCUT2D eigenvalue weighted by Gasteiger charge is 2.49. The number of thiophene rings is 1. The van der Waals surface area contributed by atoms with Crippen LogP contribution in [0.2, 0.25) is 0 Å². The molecule has 1 aliphatic heterocycles. The number of Topliss-reactive ketones (excluding diaryl/α,β-unsaturated/α-hetero) is 1. The highest BCUT2D eigenvalue weighted by Crippen LogP contribution is 2.43. The van der Waals surface area contributed by atoms with Gasteiger partial charge in [0.1, 0.15) is 0 Å². The predicted molar refractivity (Wildman–Crippen MR) is 89.5 cm³/mol. The lowest BCUT2D eigenvalue weighted by atomic mass is 9.89. The average molecular weight is 380 g/mol. The monoisotopic (exact) mass is 379 g/mol. The number of amides is 1. The van der Waals surface area contributed by atoms with Crippen molar-refractivity contribution in [2.24, 2.45) is 0 Å². The number of aryl methyl sites for hydroxylation is 1. The van der Waals surface area contributed by atoms with Gasteiger partial charge in [-0.3, -0.25) is 9.59 Å². The van der Waals surface area contributed by atoms with E-state index in [-0.39, 0.29) is 12.2 Å². The van der Waals surface area contributed by atoms with Gasteiger partial charge in [0.05, 0.1) is 17.0 Å². The fourth-order valence-corrected chi connectivity index (χ4v) is 3.87. The molecule has 4 nitrogen and oxygen atoms in total. The van der Waals surface area contributed by atoms with Gasteiger partial charge in [0.15, 0.2) is 11.4 Å². The molecule has 0 saturated heterocycles. The SMILES string of the molecule is Cc1ccc(C(=O)CC2(O)C(=O)N(C)c3ccc(Br)cc32)s1. The Balaban J connectivity index is 2.00. The maximum absolute atomic E-state index is 12.5. The molecule has 1 amide bonds. The normalized spacial score (nSPS) is 20.4. The third-order valence-corrected chi connectivity index (χ3v) is 5.39. The number of rotatable bonds is 3. The molecule has 1 atom stereocenters. The zero-order valence-electron chi connectivity index (χ0n) is 12.1. The Morgan fingerprint density at radius 2 is 2.09 bits per heavy atom. The van der Waals surface area contributed by atoms with Gasteiger partial charge in [0.25, 0.3) is 5.91 Å². The van der Waals surface area contributed by atoms with E-state index in [2.05, 4.69) is 15.9 Å². The van der Waals surface area contributed by atoms with Crippen LogP contribution >= 0.6 is 27.3 Å². The van der Waals surface area contributed by atoms with Gasteiger partial charge in [-0.25, -0.2) is 0 Å². The summed E-state index contributed by atoms with van der Waals surface area (Å²) in [5, 5.41) is 10.9. The van der Waals surface area contributed by atoms with E-state index in [9.17, 15) is 14.7 Å². The Bertz CT molecular complexity index is 785. The van der Waals surface area contributed by atoms with Crippen LogP contribution in [0.15, 0.2) is 34.8 Å². The number of benzene rings is 1. The number of nitrogens with zero attached hydrogens (tertiary/aromatic N) is 1. The van der Waals surface area contributed by atoms with Crippen molar-refractivity contribution in [1.29, 1.82) is 0 Å². The van der Waals surface area contributed by atoms with Crippen LogP contribution in [0.3, 0.4) is 0 Å². The van der Waals surface area contributed by atoms with Gasteiger partial charge in [0, 0.05) is 22.0 Å². The molecule has 0 aliphatic carbocycles. The third kappa shape index (κ3) is 2.31. The molecule has 22 heavy (non-hydrogen) atoms. The number of carbonyl (C=O) groups is 2. The maximum atomic E-state index is 12.5. The van der Waals surface area contributed by atoms with Gasteiger partial charge in [-0.2, -0.15) is 0 Å². The molecule has 1 aliphatic rings. The van der Waals surface area contributed by atoms with Crippen molar-refractivity contribution in [1.82, 2.24) is 0 Å². The smallest absolute Gasteiger partial charge is 0.263 e. The van der Waals surface area contributed by atoms with Crippen LogP contribution < -0.4 is 4.90 Å². The zero-order valence-corrected chi connectivity index (χ0v) is 14.5. The molecule has 0 spiro atoms. The fraction of sp³-hybridized carbons (Fsp3) is 0.250. The predicted octanol–water partition coefficient (Wildman–Crippen LogP) is 3.26. The van der Waals surface area contributed by atoms with Crippen LogP contribution in [-0.2, 0) is 10.4 Å². The van der Waals surface area contributed by atoms with Crippen molar-refractivity contribution in [3.8, 4) is 0 Å². The number of anilines is 1. The topological polar surface area (TPSA) is 57.6 Å². The fourth-order valence-electron chi connectivity index (χ4n) is 2.71.